The van der Waals surface area contributed by atoms with E-state index in [4.69, 9.17) is 4.74 Å². The monoisotopic (exact) mass is 326 g/mol. The molecule has 24 heavy (non-hydrogen) atoms. The van der Waals surface area contributed by atoms with Crippen molar-refractivity contribution in [3.05, 3.63) is 65.7 Å². The Morgan fingerprint density at radius 3 is 2.58 bits per heavy atom. The van der Waals surface area contributed by atoms with E-state index in [0.29, 0.717) is 5.92 Å². The van der Waals surface area contributed by atoms with Crippen LogP contribution in [0.4, 0.5) is 0 Å². The predicted molar refractivity (Wildman–Crippen MR) is 97.2 cm³/mol. The lowest BCUT2D eigenvalue weighted by Gasteiger charge is -2.14. The summed E-state index contributed by atoms with van der Waals surface area (Å²) >= 11 is 0. The molecule has 0 radical (unpaired) electrons. The summed E-state index contributed by atoms with van der Waals surface area (Å²) in [4.78, 5) is 13.1. The van der Waals surface area contributed by atoms with Crippen LogP contribution in [-0.2, 0) is 11.3 Å². The Hall–Kier alpha value is -2.33. The van der Waals surface area contributed by atoms with E-state index in [0.717, 1.165) is 24.4 Å². The summed E-state index contributed by atoms with van der Waals surface area (Å²) in [7, 11) is 3.44. The van der Waals surface area contributed by atoms with Crippen LogP contribution in [-0.4, -0.2) is 38.1 Å². The molecule has 2 aromatic rings. The molecule has 128 valence electrons. The molecule has 0 aliphatic rings. The third kappa shape index (κ3) is 5.70. The highest BCUT2D eigenvalue weighted by Gasteiger charge is 2.06. The minimum atomic E-state index is -0.0461. The van der Waals surface area contributed by atoms with Crippen LogP contribution < -0.4 is 10.1 Å². The van der Waals surface area contributed by atoms with Crippen molar-refractivity contribution in [3.8, 4) is 5.75 Å². The Labute approximate surface area is 144 Å². The highest BCUT2D eigenvalue weighted by molar-refractivity contribution is 5.77. The lowest BCUT2D eigenvalue weighted by Crippen LogP contribution is -2.27. The molecule has 1 unspecified atom stereocenters. The summed E-state index contributed by atoms with van der Waals surface area (Å²) in [6, 6.07) is 18.3. The molecule has 0 saturated carbocycles. The molecule has 0 heterocycles. The lowest BCUT2D eigenvalue weighted by molar-refractivity contribution is -0.130. The second-order valence-electron chi connectivity index (χ2n) is 6.17. The molecule has 4 nitrogen and oxygen atoms in total. The first kappa shape index (κ1) is 18.0. The Morgan fingerprint density at radius 2 is 1.88 bits per heavy atom. The number of carbonyl (C=O) groups is 1. The van der Waals surface area contributed by atoms with Crippen molar-refractivity contribution < 1.29 is 9.53 Å². The van der Waals surface area contributed by atoms with Gasteiger partial charge in [0.15, 0.2) is 6.61 Å². The van der Waals surface area contributed by atoms with Crippen LogP contribution in [0.1, 0.15) is 24.0 Å². The summed E-state index contributed by atoms with van der Waals surface area (Å²) < 4.78 is 5.55. The van der Waals surface area contributed by atoms with Crippen LogP contribution in [0.5, 0.6) is 5.75 Å². The van der Waals surface area contributed by atoms with E-state index < -0.39 is 0 Å². The zero-order valence-electron chi connectivity index (χ0n) is 14.7. The zero-order valence-corrected chi connectivity index (χ0v) is 14.7. The summed E-state index contributed by atoms with van der Waals surface area (Å²) in [5, 5.41) is 3.48. The molecule has 0 aliphatic carbocycles. The number of amides is 1. The van der Waals surface area contributed by atoms with E-state index in [1.54, 1.807) is 14.1 Å². The Bertz CT molecular complexity index is 641. The van der Waals surface area contributed by atoms with Gasteiger partial charge < -0.3 is 15.0 Å². The zero-order chi connectivity index (χ0) is 17.4. The lowest BCUT2D eigenvalue weighted by atomic mass is 10.0. The molecule has 0 aliphatic heterocycles. The number of rotatable bonds is 8. The number of likely N-dealkylation sites (N-methyl/N-ethyl adjacent to an activating group) is 1. The molecule has 2 rings (SSSR count). The van der Waals surface area contributed by atoms with Crippen LogP contribution in [0.2, 0.25) is 0 Å². The van der Waals surface area contributed by atoms with Gasteiger partial charge in [-0.25, -0.2) is 0 Å². The fourth-order valence-electron chi connectivity index (χ4n) is 2.35. The van der Waals surface area contributed by atoms with E-state index in [9.17, 15) is 4.79 Å². The molecule has 2 aromatic carbocycles. The molecule has 0 spiro atoms. The number of benzene rings is 2. The first-order valence-corrected chi connectivity index (χ1v) is 8.24. The van der Waals surface area contributed by atoms with Gasteiger partial charge in [0.25, 0.3) is 5.91 Å². The molecule has 0 saturated heterocycles. The topological polar surface area (TPSA) is 41.6 Å². The fourth-order valence-corrected chi connectivity index (χ4v) is 2.35. The number of hydrogen-bond donors (Lipinski definition) is 1. The van der Waals surface area contributed by atoms with Gasteiger partial charge in [-0.15, -0.1) is 0 Å². The molecule has 1 amide bonds. The maximum atomic E-state index is 11.6. The van der Waals surface area contributed by atoms with E-state index >= 15 is 0 Å². The molecule has 1 atom stereocenters. The van der Waals surface area contributed by atoms with Crippen molar-refractivity contribution in [3.63, 3.8) is 0 Å². The SMILES string of the molecule is CC(CNCc1cccc(OCC(=O)N(C)C)c1)c1ccccc1. The van der Waals surface area contributed by atoms with E-state index in [-0.39, 0.29) is 12.5 Å². The van der Waals surface area contributed by atoms with Gasteiger partial charge in [0, 0.05) is 27.2 Å². The van der Waals surface area contributed by atoms with E-state index in [1.165, 1.54) is 10.5 Å². The van der Waals surface area contributed by atoms with E-state index in [2.05, 4.69) is 42.6 Å². The quantitative estimate of drug-likeness (QED) is 0.811. The van der Waals surface area contributed by atoms with Crippen molar-refractivity contribution in [2.45, 2.75) is 19.4 Å². The molecule has 1 N–H and O–H groups in total. The fraction of sp³-hybridized carbons (Fsp3) is 0.350. The van der Waals surface area contributed by atoms with Gasteiger partial charge in [-0.1, -0.05) is 49.4 Å². The number of nitrogens with zero attached hydrogens (tertiary/aromatic N) is 1. The van der Waals surface area contributed by atoms with Crippen molar-refractivity contribution in [1.82, 2.24) is 10.2 Å². The highest BCUT2D eigenvalue weighted by Crippen LogP contribution is 2.15. The maximum Gasteiger partial charge on any atom is 0.259 e. The average molecular weight is 326 g/mol. The predicted octanol–water partition coefficient (Wildman–Crippen LogP) is 3.05. The van der Waals surface area contributed by atoms with Gasteiger partial charge in [0.05, 0.1) is 0 Å². The van der Waals surface area contributed by atoms with Crippen LogP contribution in [0.15, 0.2) is 54.6 Å². The summed E-state index contributed by atoms with van der Waals surface area (Å²) in [5.41, 5.74) is 2.48. The second-order valence-corrected chi connectivity index (χ2v) is 6.17. The largest absolute Gasteiger partial charge is 0.484 e. The van der Waals surface area contributed by atoms with Crippen LogP contribution in [0.3, 0.4) is 0 Å². The van der Waals surface area contributed by atoms with Gasteiger partial charge in [-0.05, 0) is 29.2 Å². The van der Waals surface area contributed by atoms with Gasteiger partial charge in [-0.2, -0.15) is 0 Å². The third-order valence-electron chi connectivity index (χ3n) is 3.91. The molecule has 0 aromatic heterocycles. The smallest absolute Gasteiger partial charge is 0.259 e. The Kier molecular flexibility index (Phi) is 6.82. The normalized spacial score (nSPS) is 11.8. The van der Waals surface area contributed by atoms with Gasteiger partial charge in [-0.3, -0.25) is 4.79 Å². The molecular weight excluding hydrogens is 300 g/mol. The maximum absolute atomic E-state index is 11.6. The average Bonchev–Trinajstić information content (AvgIpc) is 2.60. The first-order chi connectivity index (χ1) is 11.6. The highest BCUT2D eigenvalue weighted by atomic mass is 16.5. The van der Waals surface area contributed by atoms with Crippen LogP contribution >= 0.6 is 0 Å². The van der Waals surface area contributed by atoms with Crippen molar-refractivity contribution in [2.75, 3.05) is 27.2 Å². The number of hydrogen-bond acceptors (Lipinski definition) is 3. The minimum absolute atomic E-state index is 0.0461. The van der Waals surface area contributed by atoms with Crippen molar-refractivity contribution >= 4 is 5.91 Å². The summed E-state index contributed by atoms with van der Waals surface area (Å²) in [6.07, 6.45) is 0. The Morgan fingerprint density at radius 1 is 1.12 bits per heavy atom. The molecule has 4 heteroatoms. The first-order valence-electron chi connectivity index (χ1n) is 8.24. The minimum Gasteiger partial charge on any atom is -0.484 e. The number of ether oxygens (including phenoxy) is 1. The summed E-state index contributed by atoms with van der Waals surface area (Å²) in [5.74, 6) is 1.14. The molecular formula is C20H26N2O2. The summed E-state index contributed by atoms with van der Waals surface area (Å²) in [6.45, 7) is 3.97. The van der Waals surface area contributed by atoms with Gasteiger partial charge >= 0.3 is 0 Å². The Balaban J connectivity index is 1.80. The van der Waals surface area contributed by atoms with Gasteiger partial charge in [0.1, 0.15) is 5.75 Å². The van der Waals surface area contributed by atoms with Gasteiger partial charge in [0.2, 0.25) is 0 Å². The molecule has 0 bridgehead atoms. The van der Waals surface area contributed by atoms with E-state index in [1.807, 2.05) is 24.3 Å². The van der Waals surface area contributed by atoms with Crippen LogP contribution in [0, 0.1) is 0 Å². The second kappa shape index (κ2) is 9.08. The van der Waals surface area contributed by atoms with Crippen molar-refractivity contribution in [1.29, 1.82) is 0 Å². The number of nitrogens with one attached hydrogen (secondary N) is 1. The van der Waals surface area contributed by atoms with Crippen molar-refractivity contribution in [2.24, 2.45) is 0 Å². The molecule has 0 fully saturated rings. The van der Waals surface area contributed by atoms with Crippen LogP contribution in [0.25, 0.3) is 0 Å². The number of carbonyl (C=O) groups excluding carboxylic acids is 1. The standard InChI is InChI=1S/C20H26N2O2/c1-16(18-9-5-4-6-10-18)13-21-14-17-8-7-11-19(12-17)24-15-20(23)22(2)3/h4-12,16,21H,13-15H2,1-3H3. The third-order valence-corrected chi connectivity index (χ3v) is 3.91.